The van der Waals surface area contributed by atoms with Crippen LogP contribution in [0.2, 0.25) is 39.3 Å². The minimum Gasteiger partial charge on any atom is -0.415 e. The molecule has 0 unspecified atom stereocenters. The molecule has 8 atom stereocenters. The molecule has 4 aliphatic carbocycles. The molecule has 32 heavy (non-hydrogen) atoms. The van der Waals surface area contributed by atoms with Gasteiger partial charge in [0.05, 0.1) is 5.71 Å². The van der Waals surface area contributed by atoms with Crippen molar-refractivity contribution in [2.75, 3.05) is 7.11 Å². The Kier molecular flexibility index (Phi) is 6.62. The Morgan fingerprint density at radius 1 is 0.906 bits per heavy atom. The van der Waals surface area contributed by atoms with E-state index in [0.29, 0.717) is 23.5 Å². The van der Waals surface area contributed by atoms with Crippen molar-refractivity contribution in [3.63, 3.8) is 0 Å². The van der Waals surface area contributed by atoms with Crippen molar-refractivity contribution in [1.29, 1.82) is 0 Å². The summed E-state index contributed by atoms with van der Waals surface area (Å²) in [6.07, 6.45) is 10.9. The first-order valence-electron chi connectivity index (χ1n) is 13.2. The fourth-order valence-corrected chi connectivity index (χ4v) is 10.9. The van der Waals surface area contributed by atoms with E-state index in [9.17, 15) is 0 Å². The normalized spacial score (nSPS) is 45.8. The highest BCUT2D eigenvalue weighted by Crippen LogP contribution is 2.66. The van der Waals surface area contributed by atoms with E-state index in [0.717, 1.165) is 30.6 Å². The van der Waals surface area contributed by atoms with Crippen molar-refractivity contribution < 1.29 is 13.7 Å². The first-order valence-corrected chi connectivity index (χ1v) is 20.0. The van der Waals surface area contributed by atoms with Crippen LogP contribution in [0.15, 0.2) is 5.16 Å². The second kappa shape index (κ2) is 8.49. The molecule has 4 fully saturated rings. The largest absolute Gasteiger partial charge is 0.415 e. The number of fused-ring (bicyclic) bond motifs is 5. The van der Waals surface area contributed by atoms with E-state index in [4.69, 9.17) is 13.7 Å². The highest BCUT2D eigenvalue weighted by molar-refractivity contribution is 6.70. The zero-order valence-corrected chi connectivity index (χ0v) is 24.3. The van der Waals surface area contributed by atoms with Crippen LogP contribution in [0.25, 0.3) is 0 Å². The molecular weight excluding hydrogens is 430 g/mol. The topological polar surface area (TPSA) is 40.0 Å². The van der Waals surface area contributed by atoms with E-state index >= 15 is 0 Å². The van der Waals surface area contributed by atoms with Crippen LogP contribution in [0.5, 0.6) is 0 Å². The summed E-state index contributed by atoms with van der Waals surface area (Å²) in [4.78, 5) is 5.31. The summed E-state index contributed by atoms with van der Waals surface area (Å²) in [6.45, 7) is 19.3. The van der Waals surface area contributed by atoms with Crippen molar-refractivity contribution in [1.82, 2.24) is 0 Å². The van der Waals surface area contributed by atoms with Gasteiger partial charge in [-0.1, -0.05) is 19.0 Å². The lowest BCUT2D eigenvalue weighted by molar-refractivity contribution is -0.157. The van der Waals surface area contributed by atoms with Crippen molar-refractivity contribution >= 4 is 22.3 Å². The summed E-state index contributed by atoms with van der Waals surface area (Å²) in [7, 11) is -1.45. The molecule has 4 aliphatic rings. The highest BCUT2D eigenvalue weighted by Gasteiger charge is 2.63. The number of oxime groups is 1. The van der Waals surface area contributed by atoms with Crippen LogP contribution in [0.1, 0.15) is 65.2 Å². The number of rotatable bonds is 5. The fourth-order valence-electron chi connectivity index (χ4n) is 8.53. The Labute approximate surface area is 199 Å². The van der Waals surface area contributed by atoms with Gasteiger partial charge in [-0.15, -0.1) is 0 Å². The highest BCUT2D eigenvalue weighted by atomic mass is 28.4. The predicted molar refractivity (Wildman–Crippen MR) is 138 cm³/mol. The van der Waals surface area contributed by atoms with Gasteiger partial charge in [0.1, 0.15) is 7.11 Å². The van der Waals surface area contributed by atoms with E-state index in [1.807, 2.05) is 0 Å². The Morgan fingerprint density at radius 2 is 1.59 bits per heavy atom. The van der Waals surface area contributed by atoms with Crippen LogP contribution in [0.3, 0.4) is 0 Å². The van der Waals surface area contributed by atoms with Gasteiger partial charge in [0.15, 0.2) is 16.6 Å². The van der Waals surface area contributed by atoms with Gasteiger partial charge in [-0.2, -0.15) is 0 Å². The lowest BCUT2D eigenvalue weighted by Crippen LogP contribution is -2.61. The zero-order chi connectivity index (χ0) is 23.5. The maximum Gasteiger partial charge on any atom is 0.184 e. The maximum atomic E-state index is 7.09. The van der Waals surface area contributed by atoms with Crippen LogP contribution in [0.4, 0.5) is 0 Å². The predicted octanol–water partition coefficient (Wildman–Crippen LogP) is 7.08. The molecule has 0 radical (unpaired) electrons. The third kappa shape index (κ3) is 4.55. The molecule has 6 heteroatoms. The van der Waals surface area contributed by atoms with E-state index in [-0.39, 0.29) is 5.41 Å². The minimum atomic E-state index is -1.66. The van der Waals surface area contributed by atoms with Crippen LogP contribution in [-0.4, -0.2) is 41.7 Å². The number of nitrogens with zero attached hydrogens (tertiary/aromatic N) is 1. The van der Waals surface area contributed by atoms with Crippen molar-refractivity contribution in [2.24, 2.45) is 39.7 Å². The van der Waals surface area contributed by atoms with E-state index in [1.54, 1.807) is 7.11 Å². The molecular formula is C26H49NO3Si2. The quantitative estimate of drug-likeness (QED) is 0.312. The van der Waals surface area contributed by atoms with Gasteiger partial charge in [0, 0.05) is 17.6 Å². The smallest absolute Gasteiger partial charge is 0.184 e. The molecule has 0 bridgehead atoms. The standard InChI is InChI=1S/C26H49NO3Si2/c1-25-15-14-19(29-31(4,5)6)16-18(25)10-11-20-21-12-13-23(27-28-3)26(21,2)17-22(24(20)25)30-32(7,8)9/h18-22,24H,10-17H2,1-9H3/b27-23+/t18-,19-,20+,21+,22+,24-,25+,26+/m1/s1. The van der Waals surface area contributed by atoms with Crippen molar-refractivity contribution in [3.8, 4) is 0 Å². The molecule has 0 heterocycles. The number of hydrogen-bond acceptors (Lipinski definition) is 4. The van der Waals surface area contributed by atoms with Crippen LogP contribution < -0.4 is 0 Å². The molecule has 0 N–H and O–H groups in total. The summed E-state index contributed by atoms with van der Waals surface area (Å²) in [5.41, 5.74) is 1.82. The van der Waals surface area contributed by atoms with Gasteiger partial charge in [-0.05, 0) is 120 Å². The molecule has 0 aromatic heterocycles. The maximum absolute atomic E-state index is 7.09. The lowest BCUT2D eigenvalue weighted by Gasteiger charge is -2.63. The second-order valence-electron chi connectivity index (χ2n) is 13.9. The van der Waals surface area contributed by atoms with Gasteiger partial charge in [0.25, 0.3) is 0 Å². The van der Waals surface area contributed by atoms with Gasteiger partial charge < -0.3 is 13.7 Å². The first-order chi connectivity index (χ1) is 14.8. The minimum absolute atomic E-state index is 0.142. The van der Waals surface area contributed by atoms with E-state index < -0.39 is 16.6 Å². The lowest BCUT2D eigenvalue weighted by atomic mass is 9.44. The zero-order valence-electron chi connectivity index (χ0n) is 22.3. The SMILES string of the molecule is CO/N=C1\CC[C@H]2[C@@H]3CC[C@@H]4C[C@H](O[Si](C)(C)C)CC[C@]4(C)[C@H]3[C@@H](O[Si](C)(C)C)C[C@]12C. The molecule has 0 aromatic rings. The van der Waals surface area contributed by atoms with Crippen molar-refractivity contribution in [3.05, 3.63) is 0 Å². The average molecular weight is 480 g/mol. The molecule has 0 spiro atoms. The van der Waals surface area contributed by atoms with Crippen molar-refractivity contribution in [2.45, 2.75) is 117 Å². The number of hydrogen-bond donors (Lipinski definition) is 0. The van der Waals surface area contributed by atoms with Gasteiger partial charge in [0.2, 0.25) is 0 Å². The summed E-state index contributed by atoms with van der Waals surface area (Å²) >= 11 is 0. The Bertz CT molecular complexity index is 730. The monoisotopic (exact) mass is 479 g/mol. The Balaban J connectivity index is 1.65. The second-order valence-corrected chi connectivity index (χ2v) is 22.8. The molecule has 0 aliphatic heterocycles. The third-order valence-corrected chi connectivity index (χ3v) is 11.5. The van der Waals surface area contributed by atoms with Gasteiger partial charge >= 0.3 is 0 Å². The van der Waals surface area contributed by atoms with E-state index in [2.05, 4.69) is 58.3 Å². The summed E-state index contributed by atoms with van der Waals surface area (Å²) in [5, 5.41) is 4.55. The summed E-state index contributed by atoms with van der Waals surface area (Å²) in [5.74, 6) is 2.96. The molecule has 184 valence electrons. The molecule has 0 saturated heterocycles. The molecule has 0 amide bonds. The summed E-state index contributed by atoms with van der Waals surface area (Å²) in [6, 6.07) is 0. The van der Waals surface area contributed by atoms with Crippen LogP contribution in [0, 0.1) is 34.5 Å². The fraction of sp³-hybridized carbons (Fsp3) is 0.962. The molecule has 4 rings (SSSR count). The Hall–Kier alpha value is -0.176. The first kappa shape index (κ1) is 24.9. The molecule has 0 aromatic carbocycles. The Morgan fingerprint density at radius 3 is 2.22 bits per heavy atom. The van der Waals surface area contributed by atoms with Gasteiger partial charge in [-0.3, -0.25) is 0 Å². The summed E-state index contributed by atoms with van der Waals surface area (Å²) < 4.78 is 13.7. The molecule has 4 nitrogen and oxygen atoms in total. The third-order valence-electron chi connectivity index (χ3n) is 9.50. The van der Waals surface area contributed by atoms with Crippen LogP contribution in [-0.2, 0) is 13.7 Å². The average Bonchev–Trinajstić information content (AvgIpc) is 2.95. The van der Waals surface area contributed by atoms with E-state index in [1.165, 1.54) is 44.2 Å². The van der Waals surface area contributed by atoms with Crippen LogP contribution >= 0.6 is 0 Å². The van der Waals surface area contributed by atoms with Gasteiger partial charge in [-0.25, -0.2) is 0 Å². The molecule has 4 saturated carbocycles.